The van der Waals surface area contributed by atoms with E-state index in [2.05, 4.69) is 0 Å². The van der Waals surface area contributed by atoms with E-state index < -0.39 is 0 Å². The normalized spacial score (nSPS) is 9.94. The number of phenols is 1. The van der Waals surface area contributed by atoms with Crippen molar-refractivity contribution in [3.8, 4) is 5.75 Å². The zero-order chi connectivity index (χ0) is 12.5. The zero-order valence-electron chi connectivity index (χ0n) is 9.87. The van der Waals surface area contributed by atoms with Gasteiger partial charge in [-0.25, -0.2) is 0 Å². The lowest BCUT2D eigenvalue weighted by Crippen LogP contribution is -2.23. The number of aromatic hydroxyl groups is 1. The minimum Gasteiger partial charge on any atom is -0.508 e. The fourth-order valence-corrected chi connectivity index (χ4v) is 1.43. The van der Waals surface area contributed by atoms with Crippen molar-refractivity contribution in [1.82, 2.24) is 4.90 Å². The summed E-state index contributed by atoms with van der Waals surface area (Å²) < 4.78 is 0. The predicted octanol–water partition coefficient (Wildman–Crippen LogP) is -0.445. The number of Topliss-reactive ketones (excluding diaryl/α,β-unsaturated/α-hetero) is 1. The molecule has 1 rings (SSSR count). The van der Waals surface area contributed by atoms with Gasteiger partial charge in [0, 0.05) is 19.7 Å². The molecule has 4 nitrogen and oxygen atoms in total. The second-order valence-corrected chi connectivity index (χ2v) is 3.95. The molecule has 0 aromatic heterocycles. The molecular formula is C11H14BNO3. The first-order chi connectivity index (χ1) is 7.34. The van der Waals surface area contributed by atoms with E-state index in [1.54, 1.807) is 28.0 Å². The standard InChI is InChI=1S/C11H14BNO3/c1-6(14)8-4-7(11(16)13(2)3)5-9(12)10(8)15/h4-5,15H,12H2,1-3H3. The summed E-state index contributed by atoms with van der Waals surface area (Å²) >= 11 is 0. The van der Waals surface area contributed by atoms with E-state index in [0.29, 0.717) is 11.0 Å². The minimum atomic E-state index is -0.256. The number of phenolic OH excluding ortho intramolecular Hbond substituents is 1. The molecule has 0 unspecified atom stereocenters. The van der Waals surface area contributed by atoms with Crippen molar-refractivity contribution in [3.63, 3.8) is 0 Å². The van der Waals surface area contributed by atoms with Gasteiger partial charge in [0.15, 0.2) is 5.78 Å². The molecule has 1 aromatic carbocycles. The van der Waals surface area contributed by atoms with E-state index in [9.17, 15) is 14.7 Å². The summed E-state index contributed by atoms with van der Waals surface area (Å²) in [5, 5.41) is 9.67. The lowest BCUT2D eigenvalue weighted by molar-refractivity contribution is 0.0827. The van der Waals surface area contributed by atoms with Crippen LogP contribution >= 0.6 is 0 Å². The van der Waals surface area contributed by atoms with Crippen LogP contribution in [-0.4, -0.2) is 43.6 Å². The molecule has 5 heteroatoms. The van der Waals surface area contributed by atoms with Crippen molar-refractivity contribution < 1.29 is 14.7 Å². The molecule has 0 aliphatic carbocycles. The SMILES string of the molecule is Bc1cc(C(=O)N(C)C)cc(C(C)=O)c1O. The Morgan fingerprint density at radius 1 is 1.31 bits per heavy atom. The summed E-state index contributed by atoms with van der Waals surface area (Å²) in [6, 6.07) is 3.00. The third-order valence-electron chi connectivity index (χ3n) is 2.33. The van der Waals surface area contributed by atoms with Crippen LogP contribution < -0.4 is 5.46 Å². The van der Waals surface area contributed by atoms with Crippen LogP contribution in [0.5, 0.6) is 5.75 Å². The van der Waals surface area contributed by atoms with Crippen LogP contribution in [0.3, 0.4) is 0 Å². The first kappa shape index (κ1) is 12.3. The Hall–Kier alpha value is -1.78. The molecule has 1 aromatic rings. The Morgan fingerprint density at radius 3 is 2.31 bits per heavy atom. The maximum atomic E-state index is 11.7. The Bertz CT molecular complexity index is 455. The summed E-state index contributed by atoms with van der Waals surface area (Å²) in [6.45, 7) is 1.36. The number of rotatable bonds is 2. The summed E-state index contributed by atoms with van der Waals surface area (Å²) in [4.78, 5) is 24.4. The van der Waals surface area contributed by atoms with Crippen molar-refractivity contribution in [3.05, 3.63) is 23.3 Å². The fourth-order valence-electron chi connectivity index (χ4n) is 1.43. The van der Waals surface area contributed by atoms with Crippen LogP contribution in [0.25, 0.3) is 0 Å². The average Bonchev–Trinajstić information content (AvgIpc) is 2.20. The van der Waals surface area contributed by atoms with Crippen molar-refractivity contribution in [2.45, 2.75) is 6.92 Å². The van der Waals surface area contributed by atoms with Crippen LogP contribution in [0.4, 0.5) is 0 Å². The fraction of sp³-hybridized carbons (Fsp3) is 0.273. The molecule has 1 amide bonds. The van der Waals surface area contributed by atoms with Crippen LogP contribution in [0.2, 0.25) is 0 Å². The van der Waals surface area contributed by atoms with E-state index >= 15 is 0 Å². The van der Waals surface area contributed by atoms with Gasteiger partial charge >= 0.3 is 0 Å². The second kappa shape index (κ2) is 4.39. The maximum Gasteiger partial charge on any atom is 0.253 e. The van der Waals surface area contributed by atoms with E-state index in [4.69, 9.17) is 0 Å². The Kier molecular flexibility index (Phi) is 3.37. The molecule has 0 heterocycles. The lowest BCUT2D eigenvalue weighted by atomic mass is 9.89. The Morgan fingerprint density at radius 2 is 1.88 bits per heavy atom. The number of carbonyl (C=O) groups is 2. The number of hydrogen-bond acceptors (Lipinski definition) is 3. The number of nitrogens with zero attached hydrogens (tertiary/aromatic N) is 1. The summed E-state index contributed by atoms with van der Waals surface area (Å²) in [5.41, 5.74) is 1.12. The van der Waals surface area contributed by atoms with E-state index in [1.807, 2.05) is 0 Å². The minimum absolute atomic E-state index is 0.0530. The molecule has 16 heavy (non-hydrogen) atoms. The highest BCUT2D eigenvalue weighted by Gasteiger charge is 2.15. The van der Waals surface area contributed by atoms with Crippen LogP contribution in [-0.2, 0) is 0 Å². The molecule has 0 aliphatic heterocycles. The largest absolute Gasteiger partial charge is 0.508 e. The van der Waals surface area contributed by atoms with Gasteiger partial charge in [0.05, 0.1) is 5.56 Å². The van der Waals surface area contributed by atoms with Crippen LogP contribution in [0, 0.1) is 0 Å². The third kappa shape index (κ3) is 2.24. The summed E-state index contributed by atoms with van der Waals surface area (Å²) in [5.74, 6) is -0.498. The topological polar surface area (TPSA) is 57.6 Å². The van der Waals surface area contributed by atoms with Gasteiger partial charge in [-0.2, -0.15) is 0 Å². The first-order valence-electron chi connectivity index (χ1n) is 4.90. The van der Waals surface area contributed by atoms with Crippen LogP contribution in [0.15, 0.2) is 12.1 Å². The molecule has 0 aliphatic rings. The summed E-state index contributed by atoms with van der Waals surface area (Å²) in [6.07, 6.45) is 0. The van der Waals surface area contributed by atoms with Gasteiger partial charge < -0.3 is 10.0 Å². The lowest BCUT2D eigenvalue weighted by Gasteiger charge is -2.13. The second-order valence-electron chi connectivity index (χ2n) is 3.95. The van der Waals surface area contributed by atoms with Crippen LogP contribution in [0.1, 0.15) is 27.6 Å². The van der Waals surface area contributed by atoms with Crippen molar-refractivity contribution >= 4 is 25.0 Å². The molecule has 0 spiro atoms. The van der Waals surface area contributed by atoms with Gasteiger partial charge in [-0.3, -0.25) is 9.59 Å². The highest BCUT2D eigenvalue weighted by Crippen LogP contribution is 2.17. The number of carbonyl (C=O) groups excluding carboxylic acids is 2. The van der Waals surface area contributed by atoms with Gasteiger partial charge in [0.1, 0.15) is 13.6 Å². The molecule has 0 bridgehead atoms. The van der Waals surface area contributed by atoms with Crippen molar-refractivity contribution in [1.29, 1.82) is 0 Å². The van der Waals surface area contributed by atoms with Gasteiger partial charge in [-0.15, -0.1) is 0 Å². The van der Waals surface area contributed by atoms with Gasteiger partial charge in [0.2, 0.25) is 0 Å². The molecule has 1 N–H and O–H groups in total. The van der Waals surface area contributed by atoms with Crippen molar-refractivity contribution in [2.75, 3.05) is 14.1 Å². The highest BCUT2D eigenvalue weighted by molar-refractivity contribution is 6.35. The number of ketones is 1. The molecule has 0 saturated heterocycles. The van der Waals surface area contributed by atoms with Gasteiger partial charge in [-0.1, -0.05) is 6.07 Å². The average molecular weight is 219 g/mol. The number of hydrogen-bond donors (Lipinski definition) is 1. The quantitative estimate of drug-likeness (QED) is 0.541. The van der Waals surface area contributed by atoms with Gasteiger partial charge in [-0.05, 0) is 18.5 Å². The smallest absolute Gasteiger partial charge is 0.253 e. The van der Waals surface area contributed by atoms with E-state index in [1.165, 1.54) is 17.9 Å². The highest BCUT2D eigenvalue weighted by atomic mass is 16.3. The predicted molar refractivity (Wildman–Crippen MR) is 64.3 cm³/mol. The molecular weight excluding hydrogens is 205 g/mol. The first-order valence-corrected chi connectivity index (χ1v) is 4.90. The Balaban J connectivity index is 3.35. The zero-order valence-corrected chi connectivity index (χ0v) is 9.87. The monoisotopic (exact) mass is 219 g/mol. The third-order valence-corrected chi connectivity index (χ3v) is 2.33. The molecule has 0 atom stereocenters. The van der Waals surface area contributed by atoms with Crippen molar-refractivity contribution in [2.24, 2.45) is 0 Å². The maximum absolute atomic E-state index is 11.7. The molecule has 0 saturated carbocycles. The number of amides is 1. The molecule has 84 valence electrons. The summed E-state index contributed by atoms with van der Waals surface area (Å²) in [7, 11) is 4.93. The van der Waals surface area contributed by atoms with E-state index in [0.717, 1.165) is 0 Å². The molecule has 0 fully saturated rings. The number of benzene rings is 1. The molecule has 0 radical (unpaired) electrons. The van der Waals surface area contributed by atoms with E-state index in [-0.39, 0.29) is 23.0 Å². The van der Waals surface area contributed by atoms with Gasteiger partial charge in [0.25, 0.3) is 5.91 Å². The Labute approximate surface area is 95.3 Å².